The molecule has 98 valence electrons. The van der Waals surface area contributed by atoms with Gasteiger partial charge in [0.2, 0.25) is 5.91 Å². The summed E-state index contributed by atoms with van der Waals surface area (Å²) in [5.41, 5.74) is 0.544. The molecule has 1 aromatic heterocycles. The first-order chi connectivity index (χ1) is 8.65. The molecule has 18 heavy (non-hydrogen) atoms. The van der Waals surface area contributed by atoms with E-state index in [0.717, 1.165) is 19.4 Å². The number of amides is 1. The minimum absolute atomic E-state index is 0.0553. The first-order valence-corrected chi connectivity index (χ1v) is 5.77. The van der Waals surface area contributed by atoms with Crippen LogP contribution in [0.1, 0.15) is 18.5 Å². The molecular formula is C10H15N5O3. The third-order valence-corrected chi connectivity index (χ3v) is 2.70. The van der Waals surface area contributed by atoms with E-state index < -0.39 is 5.97 Å². The van der Waals surface area contributed by atoms with Gasteiger partial charge in [-0.25, -0.2) is 4.68 Å². The van der Waals surface area contributed by atoms with E-state index in [0.29, 0.717) is 5.69 Å². The van der Waals surface area contributed by atoms with Gasteiger partial charge in [0.25, 0.3) is 0 Å². The summed E-state index contributed by atoms with van der Waals surface area (Å²) in [6.45, 7) is 0.897. The van der Waals surface area contributed by atoms with Gasteiger partial charge in [0.15, 0.2) is 0 Å². The average Bonchev–Trinajstić information content (AvgIpc) is 2.95. The number of carbonyl (C=O) groups excluding carboxylic acids is 1. The van der Waals surface area contributed by atoms with Crippen LogP contribution in [-0.4, -0.2) is 44.6 Å². The second-order valence-electron chi connectivity index (χ2n) is 4.17. The standard InChI is InChI=1S/C10H15N5O3/c16-9(17)6-15-5-7(13-14-15)4-12-10(18)8-2-1-3-11-8/h5,8,11H,1-4,6H2,(H,12,18)(H,16,17)/t8-/m0/s1. The van der Waals surface area contributed by atoms with Crippen LogP contribution in [0.25, 0.3) is 0 Å². The molecule has 0 radical (unpaired) electrons. The third-order valence-electron chi connectivity index (χ3n) is 2.70. The molecule has 0 aliphatic carbocycles. The molecule has 0 spiro atoms. The van der Waals surface area contributed by atoms with Gasteiger partial charge in [-0.15, -0.1) is 5.10 Å². The highest BCUT2D eigenvalue weighted by Crippen LogP contribution is 2.04. The lowest BCUT2D eigenvalue weighted by molar-refractivity contribution is -0.138. The molecule has 2 heterocycles. The van der Waals surface area contributed by atoms with Gasteiger partial charge in [0.05, 0.1) is 18.8 Å². The fourth-order valence-corrected chi connectivity index (χ4v) is 1.84. The molecular weight excluding hydrogens is 238 g/mol. The van der Waals surface area contributed by atoms with Crippen LogP contribution in [0.2, 0.25) is 0 Å². The Bertz CT molecular complexity index is 438. The van der Waals surface area contributed by atoms with Gasteiger partial charge in [-0.05, 0) is 19.4 Å². The number of nitrogens with one attached hydrogen (secondary N) is 2. The molecule has 8 nitrogen and oxygen atoms in total. The molecule has 1 amide bonds. The Kier molecular flexibility index (Phi) is 3.88. The molecule has 0 aromatic carbocycles. The van der Waals surface area contributed by atoms with Crippen LogP contribution in [0.15, 0.2) is 6.20 Å². The van der Waals surface area contributed by atoms with E-state index in [1.54, 1.807) is 0 Å². The molecule has 1 saturated heterocycles. The van der Waals surface area contributed by atoms with Crippen LogP contribution in [0.3, 0.4) is 0 Å². The zero-order valence-electron chi connectivity index (χ0n) is 9.80. The van der Waals surface area contributed by atoms with E-state index in [1.165, 1.54) is 10.9 Å². The van der Waals surface area contributed by atoms with Gasteiger partial charge < -0.3 is 15.7 Å². The Hall–Kier alpha value is -1.96. The lowest BCUT2D eigenvalue weighted by atomic mass is 10.2. The Morgan fingerprint density at radius 1 is 1.61 bits per heavy atom. The summed E-state index contributed by atoms with van der Waals surface area (Å²) in [6.07, 6.45) is 3.36. The monoisotopic (exact) mass is 253 g/mol. The van der Waals surface area contributed by atoms with Crippen molar-refractivity contribution in [2.24, 2.45) is 0 Å². The second kappa shape index (κ2) is 5.58. The zero-order valence-corrected chi connectivity index (χ0v) is 9.80. The fraction of sp³-hybridized carbons (Fsp3) is 0.600. The van der Waals surface area contributed by atoms with Gasteiger partial charge in [-0.2, -0.15) is 0 Å². The summed E-state index contributed by atoms with van der Waals surface area (Å²) in [6, 6.07) is -0.126. The van der Waals surface area contributed by atoms with Crippen molar-refractivity contribution in [1.29, 1.82) is 0 Å². The van der Waals surface area contributed by atoms with Gasteiger partial charge in [-0.1, -0.05) is 5.21 Å². The van der Waals surface area contributed by atoms with Crippen molar-refractivity contribution < 1.29 is 14.7 Å². The van der Waals surface area contributed by atoms with Gasteiger partial charge in [0, 0.05) is 0 Å². The number of aromatic nitrogens is 3. The molecule has 1 aromatic rings. The van der Waals surface area contributed by atoms with Crippen LogP contribution < -0.4 is 10.6 Å². The maximum absolute atomic E-state index is 11.7. The lowest BCUT2D eigenvalue weighted by Crippen LogP contribution is -2.40. The van der Waals surface area contributed by atoms with Crippen LogP contribution in [0, 0.1) is 0 Å². The van der Waals surface area contributed by atoms with E-state index in [2.05, 4.69) is 20.9 Å². The molecule has 8 heteroatoms. The molecule has 1 aliphatic heterocycles. The Balaban J connectivity index is 1.80. The zero-order chi connectivity index (χ0) is 13.0. The molecule has 1 fully saturated rings. The Morgan fingerprint density at radius 3 is 3.11 bits per heavy atom. The Morgan fingerprint density at radius 2 is 2.44 bits per heavy atom. The maximum Gasteiger partial charge on any atom is 0.325 e. The number of hydrogen-bond acceptors (Lipinski definition) is 5. The van der Waals surface area contributed by atoms with Crippen molar-refractivity contribution in [2.75, 3.05) is 6.54 Å². The minimum Gasteiger partial charge on any atom is -0.480 e. The van der Waals surface area contributed by atoms with E-state index >= 15 is 0 Å². The number of carboxylic acid groups (broad SMARTS) is 1. The molecule has 0 saturated carbocycles. The number of carboxylic acids is 1. The van der Waals surface area contributed by atoms with Gasteiger partial charge in [0.1, 0.15) is 12.2 Å². The van der Waals surface area contributed by atoms with Gasteiger partial charge in [-0.3, -0.25) is 9.59 Å². The summed E-state index contributed by atoms with van der Waals surface area (Å²) in [7, 11) is 0. The summed E-state index contributed by atoms with van der Waals surface area (Å²) >= 11 is 0. The SMILES string of the molecule is O=C(O)Cn1cc(CNC(=O)[C@@H]2CCCN2)nn1. The summed E-state index contributed by atoms with van der Waals surface area (Å²) in [5.74, 6) is -1.04. The average molecular weight is 253 g/mol. The fourth-order valence-electron chi connectivity index (χ4n) is 1.84. The highest BCUT2D eigenvalue weighted by atomic mass is 16.4. The van der Waals surface area contributed by atoms with Gasteiger partial charge >= 0.3 is 5.97 Å². The van der Waals surface area contributed by atoms with Crippen LogP contribution in [0.5, 0.6) is 0 Å². The largest absolute Gasteiger partial charge is 0.480 e. The third kappa shape index (κ3) is 3.27. The predicted molar refractivity (Wildman–Crippen MR) is 60.5 cm³/mol. The molecule has 2 rings (SSSR count). The number of rotatable bonds is 5. The van der Waals surface area contributed by atoms with Crippen molar-refractivity contribution in [3.63, 3.8) is 0 Å². The quantitative estimate of drug-likeness (QED) is 0.603. The number of aliphatic carboxylic acids is 1. The number of hydrogen-bond donors (Lipinski definition) is 3. The smallest absolute Gasteiger partial charge is 0.325 e. The van der Waals surface area contributed by atoms with E-state index in [4.69, 9.17) is 5.11 Å². The Labute approximate surface area is 103 Å². The summed E-state index contributed by atoms with van der Waals surface area (Å²) < 4.78 is 1.22. The van der Waals surface area contributed by atoms with E-state index in [1.807, 2.05) is 0 Å². The summed E-state index contributed by atoms with van der Waals surface area (Å²) in [5, 5.41) is 21.8. The molecule has 0 unspecified atom stereocenters. The van der Waals surface area contributed by atoms with Crippen molar-refractivity contribution in [3.8, 4) is 0 Å². The first-order valence-electron chi connectivity index (χ1n) is 5.77. The number of carbonyl (C=O) groups is 2. The lowest BCUT2D eigenvalue weighted by Gasteiger charge is -2.09. The number of nitrogens with zero attached hydrogens (tertiary/aromatic N) is 3. The second-order valence-corrected chi connectivity index (χ2v) is 4.17. The molecule has 1 atom stereocenters. The van der Waals surface area contributed by atoms with Crippen molar-refractivity contribution in [1.82, 2.24) is 25.6 Å². The topological polar surface area (TPSA) is 109 Å². The van der Waals surface area contributed by atoms with Crippen LogP contribution in [0.4, 0.5) is 0 Å². The normalized spacial score (nSPS) is 18.8. The summed E-state index contributed by atoms with van der Waals surface area (Å²) in [4.78, 5) is 22.1. The first kappa shape index (κ1) is 12.5. The van der Waals surface area contributed by atoms with E-state index in [9.17, 15) is 9.59 Å². The minimum atomic E-state index is -0.981. The highest BCUT2D eigenvalue weighted by molar-refractivity contribution is 5.81. The highest BCUT2D eigenvalue weighted by Gasteiger charge is 2.21. The van der Waals surface area contributed by atoms with Crippen molar-refractivity contribution >= 4 is 11.9 Å². The van der Waals surface area contributed by atoms with Crippen LogP contribution >= 0.6 is 0 Å². The molecule has 0 bridgehead atoms. The predicted octanol–water partition coefficient (Wildman–Crippen LogP) is -1.27. The van der Waals surface area contributed by atoms with Crippen molar-refractivity contribution in [2.45, 2.75) is 32.0 Å². The maximum atomic E-state index is 11.7. The van der Waals surface area contributed by atoms with Crippen molar-refractivity contribution in [3.05, 3.63) is 11.9 Å². The molecule has 1 aliphatic rings. The van der Waals surface area contributed by atoms with E-state index in [-0.39, 0.29) is 25.0 Å². The van der Waals surface area contributed by atoms with Crippen LogP contribution in [-0.2, 0) is 22.7 Å². The molecule has 3 N–H and O–H groups in total.